The lowest BCUT2D eigenvalue weighted by atomic mass is 10.1. The van der Waals surface area contributed by atoms with Gasteiger partial charge in [0.25, 0.3) is 5.91 Å². The van der Waals surface area contributed by atoms with Gasteiger partial charge < -0.3 is 15.5 Å². The van der Waals surface area contributed by atoms with Crippen molar-refractivity contribution in [3.63, 3.8) is 0 Å². The van der Waals surface area contributed by atoms with E-state index in [0.29, 0.717) is 16.6 Å². The molecule has 28 heavy (non-hydrogen) atoms. The van der Waals surface area contributed by atoms with Crippen LogP contribution in [-0.4, -0.2) is 33.9 Å². The molecule has 0 saturated heterocycles. The summed E-state index contributed by atoms with van der Waals surface area (Å²) in [4.78, 5) is 30.8. The van der Waals surface area contributed by atoms with Crippen molar-refractivity contribution < 1.29 is 14.0 Å². The van der Waals surface area contributed by atoms with E-state index in [0.717, 1.165) is 0 Å². The zero-order valence-corrected chi connectivity index (χ0v) is 17.6. The van der Waals surface area contributed by atoms with Crippen LogP contribution in [0.1, 0.15) is 50.1 Å². The fourth-order valence-corrected chi connectivity index (χ4v) is 3.09. The number of nitrogens with one attached hydrogen (secondary N) is 2. The molecule has 0 radical (unpaired) electrons. The molecular weight excluding hydrogens is 379 g/mol. The molecule has 152 valence electrons. The SMILES string of the molecule is CC(C)[C@H](C)NC(=O)c1csc(CN(C(=O)Nc2ccccc2F)C(C)C)n1. The summed E-state index contributed by atoms with van der Waals surface area (Å²) >= 11 is 1.32. The first kappa shape index (κ1) is 21.8. The molecule has 0 unspecified atom stereocenters. The minimum atomic E-state index is -0.493. The van der Waals surface area contributed by atoms with Gasteiger partial charge in [-0.05, 0) is 38.8 Å². The van der Waals surface area contributed by atoms with Gasteiger partial charge in [0.15, 0.2) is 0 Å². The van der Waals surface area contributed by atoms with E-state index in [1.54, 1.807) is 22.4 Å². The van der Waals surface area contributed by atoms with Crippen molar-refractivity contribution >= 4 is 29.0 Å². The summed E-state index contributed by atoms with van der Waals surface area (Å²) in [6.07, 6.45) is 0. The zero-order valence-electron chi connectivity index (χ0n) is 16.8. The highest BCUT2D eigenvalue weighted by atomic mass is 32.1. The van der Waals surface area contributed by atoms with Crippen LogP contribution < -0.4 is 10.6 Å². The molecule has 2 rings (SSSR count). The van der Waals surface area contributed by atoms with Crippen molar-refractivity contribution in [2.75, 3.05) is 5.32 Å². The normalized spacial score (nSPS) is 12.1. The van der Waals surface area contributed by atoms with E-state index >= 15 is 0 Å². The molecule has 0 aliphatic rings. The van der Waals surface area contributed by atoms with Gasteiger partial charge in [-0.15, -0.1) is 11.3 Å². The van der Waals surface area contributed by atoms with Crippen LogP contribution in [0.25, 0.3) is 0 Å². The predicted molar refractivity (Wildman–Crippen MR) is 110 cm³/mol. The zero-order chi connectivity index (χ0) is 20.8. The van der Waals surface area contributed by atoms with Crippen LogP contribution in [0.4, 0.5) is 14.9 Å². The lowest BCUT2D eigenvalue weighted by molar-refractivity contribution is 0.0926. The Kier molecular flexibility index (Phi) is 7.51. The number of carbonyl (C=O) groups excluding carboxylic acids is 2. The number of amides is 3. The number of halogens is 1. The Morgan fingerprint density at radius 3 is 2.46 bits per heavy atom. The summed E-state index contributed by atoms with van der Waals surface area (Å²) in [5.41, 5.74) is 0.464. The number of nitrogens with zero attached hydrogens (tertiary/aromatic N) is 2. The van der Waals surface area contributed by atoms with Crippen LogP contribution in [0.15, 0.2) is 29.6 Å². The number of benzene rings is 1. The Hall–Kier alpha value is -2.48. The second-order valence-corrected chi connectivity index (χ2v) is 8.21. The third-order valence-electron chi connectivity index (χ3n) is 4.45. The number of para-hydroxylation sites is 1. The monoisotopic (exact) mass is 406 g/mol. The van der Waals surface area contributed by atoms with Gasteiger partial charge in [-0.3, -0.25) is 4.79 Å². The fourth-order valence-electron chi connectivity index (χ4n) is 2.32. The summed E-state index contributed by atoms with van der Waals surface area (Å²) in [5, 5.41) is 7.83. The maximum Gasteiger partial charge on any atom is 0.322 e. The fraction of sp³-hybridized carbons (Fsp3) is 0.450. The minimum Gasteiger partial charge on any atom is -0.348 e. The number of hydrogen-bond acceptors (Lipinski definition) is 4. The van der Waals surface area contributed by atoms with Crippen molar-refractivity contribution in [3.05, 3.63) is 46.2 Å². The standard InChI is InChI=1S/C20H27FN4O2S/c1-12(2)14(5)22-19(26)17-11-28-18(23-17)10-25(13(3)4)20(27)24-16-9-7-6-8-15(16)21/h6-9,11-14H,10H2,1-5H3,(H,22,26)(H,24,27)/t14-/m0/s1. The van der Waals surface area contributed by atoms with Gasteiger partial charge in [0.1, 0.15) is 16.5 Å². The first-order valence-corrected chi connectivity index (χ1v) is 10.1. The first-order valence-electron chi connectivity index (χ1n) is 9.26. The molecule has 0 aliphatic heterocycles. The third-order valence-corrected chi connectivity index (χ3v) is 5.28. The van der Waals surface area contributed by atoms with Crippen LogP contribution in [0.3, 0.4) is 0 Å². The number of urea groups is 1. The summed E-state index contributed by atoms with van der Waals surface area (Å²) < 4.78 is 13.8. The topological polar surface area (TPSA) is 74.3 Å². The number of carbonyl (C=O) groups is 2. The second-order valence-electron chi connectivity index (χ2n) is 7.26. The lowest BCUT2D eigenvalue weighted by Gasteiger charge is -2.26. The van der Waals surface area contributed by atoms with E-state index in [9.17, 15) is 14.0 Å². The molecule has 2 N–H and O–H groups in total. The van der Waals surface area contributed by atoms with E-state index in [2.05, 4.69) is 15.6 Å². The molecule has 0 spiro atoms. The molecule has 0 fully saturated rings. The molecule has 0 saturated carbocycles. The molecule has 1 aromatic heterocycles. The van der Waals surface area contributed by atoms with Crippen LogP contribution in [0, 0.1) is 11.7 Å². The average Bonchev–Trinajstić information content (AvgIpc) is 3.10. The molecule has 3 amide bonds. The minimum absolute atomic E-state index is 0.0383. The lowest BCUT2D eigenvalue weighted by Crippen LogP contribution is -2.39. The number of thiazole rings is 1. The van der Waals surface area contributed by atoms with Crippen molar-refractivity contribution in [3.8, 4) is 0 Å². The summed E-state index contributed by atoms with van der Waals surface area (Å²) in [7, 11) is 0. The number of rotatable bonds is 7. The van der Waals surface area contributed by atoms with Crippen molar-refractivity contribution in [2.24, 2.45) is 5.92 Å². The molecular formula is C20H27FN4O2S. The van der Waals surface area contributed by atoms with Crippen LogP contribution in [0.2, 0.25) is 0 Å². The second kappa shape index (κ2) is 9.64. The largest absolute Gasteiger partial charge is 0.348 e. The Labute approximate surface area is 169 Å². The highest BCUT2D eigenvalue weighted by Gasteiger charge is 2.21. The Morgan fingerprint density at radius 1 is 1.18 bits per heavy atom. The van der Waals surface area contributed by atoms with E-state index in [-0.39, 0.29) is 30.2 Å². The van der Waals surface area contributed by atoms with E-state index in [1.165, 1.54) is 23.5 Å². The Morgan fingerprint density at radius 2 is 1.86 bits per heavy atom. The Balaban J connectivity index is 2.06. The summed E-state index contributed by atoms with van der Waals surface area (Å²) in [6.45, 7) is 9.98. The Bertz CT molecular complexity index is 822. The molecule has 1 aromatic carbocycles. The average molecular weight is 407 g/mol. The molecule has 6 nitrogen and oxygen atoms in total. The van der Waals surface area contributed by atoms with Crippen LogP contribution >= 0.6 is 11.3 Å². The van der Waals surface area contributed by atoms with Gasteiger partial charge in [-0.1, -0.05) is 26.0 Å². The van der Waals surface area contributed by atoms with Gasteiger partial charge in [-0.25, -0.2) is 14.2 Å². The van der Waals surface area contributed by atoms with Crippen molar-refractivity contribution in [2.45, 2.75) is 53.2 Å². The highest BCUT2D eigenvalue weighted by molar-refractivity contribution is 7.09. The smallest absolute Gasteiger partial charge is 0.322 e. The van der Waals surface area contributed by atoms with E-state index in [1.807, 2.05) is 34.6 Å². The van der Waals surface area contributed by atoms with E-state index < -0.39 is 11.8 Å². The number of hydrogen-bond donors (Lipinski definition) is 2. The number of anilines is 1. The van der Waals surface area contributed by atoms with Gasteiger partial charge in [-0.2, -0.15) is 0 Å². The van der Waals surface area contributed by atoms with Crippen LogP contribution in [-0.2, 0) is 6.54 Å². The van der Waals surface area contributed by atoms with Crippen molar-refractivity contribution in [1.29, 1.82) is 0 Å². The van der Waals surface area contributed by atoms with Crippen molar-refractivity contribution in [1.82, 2.24) is 15.2 Å². The van der Waals surface area contributed by atoms with Gasteiger partial charge >= 0.3 is 6.03 Å². The summed E-state index contributed by atoms with van der Waals surface area (Å²) in [5.74, 6) is -0.400. The maximum absolute atomic E-state index is 13.8. The third kappa shape index (κ3) is 5.76. The molecule has 2 aromatic rings. The van der Waals surface area contributed by atoms with Gasteiger partial charge in [0.2, 0.25) is 0 Å². The predicted octanol–water partition coefficient (Wildman–Crippen LogP) is 4.50. The van der Waals surface area contributed by atoms with Gasteiger partial charge in [0, 0.05) is 17.5 Å². The highest BCUT2D eigenvalue weighted by Crippen LogP contribution is 2.18. The maximum atomic E-state index is 13.8. The first-order chi connectivity index (χ1) is 13.2. The van der Waals surface area contributed by atoms with Gasteiger partial charge in [0.05, 0.1) is 12.2 Å². The molecule has 1 heterocycles. The molecule has 1 atom stereocenters. The molecule has 0 bridgehead atoms. The molecule has 8 heteroatoms. The van der Waals surface area contributed by atoms with E-state index in [4.69, 9.17) is 0 Å². The molecule has 0 aliphatic carbocycles. The number of aromatic nitrogens is 1. The quantitative estimate of drug-likeness (QED) is 0.711. The van der Waals surface area contributed by atoms with Crippen LogP contribution in [0.5, 0.6) is 0 Å². The summed E-state index contributed by atoms with van der Waals surface area (Å²) in [6, 6.07) is 5.50.